The summed E-state index contributed by atoms with van der Waals surface area (Å²) in [5.41, 5.74) is 2.79. The number of aliphatic hydroxyl groups excluding tert-OH is 1. The van der Waals surface area contributed by atoms with Crippen molar-refractivity contribution < 1.29 is 9.84 Å². The monoisotopic (exact) mass is 436 g/mol. The van der Waals surface area contributed by atoms with Crippen molar-refractivity contribution in [3.05, 3.63) is 36.2 Å². The molecule has 2 N–H and O–H groups in total. The molecule has 0 radical (unpaired) electrons. The Morgan fingerprint density at radius 3 is 2.94 bits per heavy atom. The third kappa shape index (κ3) is 3.44. The summed E-state index contributed by atoms with van der Waals surface area (Å²) < 4.78 is 9.84. The molecular formula is C20H20N8O2S. The number of aromatic nitrogens is 6. The lowest BCUT2D eigenvalue weighted by molar-refractivity contribution is -0.104. The van der Waals surface area contributed by atoms with Gasteiger partial charge in [0.2, 0.25) is 5.95 Å². The van der Waals surface area contributed by atoms with E-state index in [0.717, 1.165) is 27.2 Å². The summed E-state index contributed by atoms with van der Waals surface area (Å²) in [6.07, 6.45) is 7.51. The van der Waals surface area contributed by atoms with Crippen LogP contribution in [0.15, 0.2) is 36.2 Å². The number of nitrogens with zero attached hydrogens (tertiary/aromatic N) is 7. The second kappa shape index (κ2) is 7.73. The van der Waals surface area contributed by atoms with Crippen LogP contribution in [0.3, 0.4) is 0 Å². The first-order chi connectivity index (χ1) is 15.1. The van der Waals surface area contributed by atoms with Gasteiger partial charge in [0.1, 0.15) is 5.54 Å². The predicted octanol–water partition coefficient (Wildman–Crippen LogP) is 2.69. The molecule has 1 unspecified atom stereocenters. The van der Waals surface area contributed by atoms with Crippen molar-refractivity contribution in [3.8, 4) is 17.3 Å². The zero-order chi connectivity index (χ0) is 21.4. The van der Waals surface area contributed by atoms with Crippen molar-refractivity contribution in [2.45, 2.75) is 24.9 Å². The minimum Gasteiger partial charge on any atom is -0.394 e. The fraction of sp³-hybridized carbons (Fsp3) is 0.350. The number of nitrogens with one attached hydrogen (secondary N) is 1. The molecule has 11 heteroatoms. The fourth-order valence-corrected chi connectivity index (χ4v) is 4.32. The van der Waals surface area contributed by atoms with Gasteiger partial charge in [-0.3, -0.25) is 9.36 Å². The number of fused-ring (bicyclic) bond motifs is 1. The van der Waals surface area contributed by atoms with Gasteiger partial charge < -0.3 is 15.2 Å². The third-order valence-electron chi connectivity index (χ3n) is 5.37. The van der Waals surface area contributed by atoms with Crippen LogP contribution >= 0.6 is 11.3 Å². The Morgan fingerprint density at radius 2 is 2.19 bits per heavy atom. The topological polar surface area (TPSA) is 127 Å². The zero-order valence-corrected chi connectivity index (χ0v) is 17.6. The SMILES string of the molecule is CC(CO)n1cc(Nc2nc(-c3cnn(C4(CC#N)COC4)c3)c3sccc3n2)cn1. The number of aliphatic hydroxyl groups is 1. The Balaban J connectivity index is 1.49. The Hall–Kier alpha value is -3.33. The van der Waals surface area contributed by atoms with Crippen LogP contribution in [0.25, 0.3) is 21.5 Å². The van der Waals surface area contributed by atoms with E-state index in [0.29, 0.717) is 25.6 Å². The molecule has 0 aliphatic carbocycles. The van der Waals surface area contributed by atoms with Crippen molar-refractivity contribution in [1.29, 1.82) is 5.26 Å². The first kappa shape index (κ1) is 19.6. The lowest BCUT2D eigenvalue weighted by atomic mass is 9.94. The van der Waals surface area contributed by atoms with Gasteiger partial charge in [-0.2, -0.15) is 15.5 Å². The number of nitriles is 1. The quantitative estimate of drug-likeness (QED) is 0.453. The molecule has 1 aliphatic heterocycles. The average molecular weight is 437 g/mol. The van der Waals surface area contributed by atoms with Crippen LogP contribution in [0.1, 0.15) is 19.4 Å². The molecule has 0 saturated carbocycles. The molecule has 1 saturated heterocycles. The molecule has 4 aromatic heterocycles. The van der Waals surface area contributed by atoms with Gasteiger partial charge in [0.05, 0.1) is 72.3 Å². The summed E-state index contributed by atoms with van der Waals surface area (Å²) >= 11 is 1.57. The standard InChI is InChI=1S/C20H20N8O2S/c1-13(10-29)27-9-15(7-22-27)24-19-25-16-2-5-31-18(16)17(26-19)14-6-23-28(8-14)20(3-4-21)11-30-12-20/h2,5-9,13,29H,3,10-12H2,1H3,(H,24,25,26). The first-order valence-electron chi connectivity index (χ1n) is 9.79. The molecular weight excluding hydrogens is 416 g/mol. The summed E-state index contributed by atoms with van der Waals surface area (Å²) in [5.74, 6) is 0.448. The number of hydrogen-bond acceptors (Lipinski definition) is 9. The average Bonchev–Trinajstić information content (AvgIpc) is 3.50. The molecule has 1 atom stereocenters. The summed E-state index contributed by atoms with van der Waals surface area (Å²) in [6, 6.07) is 4.07. The molecule has 158 valence electrons. The van der Waals surface area contributed by atoms with E-state index in [2.05, 4.69) is 26.6 Å². The van der Waals surface area contributed by atoms with Crippen LogP contribution < -0.4 is 5.32 Å². The summed E-state index contributed by atoms with van der Waals surface area (Å²) in [5, 5.41) is 32.5. The van der Waals surface area contributed by atoms with Crippen LogP contribution in [0.2, 0.25) is 0 Å². The van der Waals surface area contributed by atoms with Gasteiger partial charge in [-0.05, 0) is 18.4 Å². The van der Waals surface area contributed by atoms with Crippen LogP contribution in [0.4, 0.5) is 11.6 Å². The molecule has 1 fully saturated rings. The lowest BCUT2D eigenvalue weighted by Crippen LogP contribution is -2.51. The van der Waals surface area contributed by atoms with Gasteiger partial charge in [-0.15, -0.1) is 11.3 Å². The van der Waals surface area contributed by atoms with Crippen molar-refractivity contribution in [3.63, 3.8) is 0 Å². The summed E-state index contributed by atoms with van der Waals surface area (Å²) in [6.45, 7) is 2.84. The molecule has 0 spiro atoms. The molecule has 5 heterocycles. The largest absolute Gasteiger partial charge is 0.394 e. The Morgan fingerprint density at radius 1 is 1.32 bits per heavy atom. The number of ether oxygens (including phenoxy) is 1. The van der Waals surface area contributed by atoms with E-state index in [9.17, 15) is 10.4 Å². The maximum Gasteiger partial charge on any atom is 0.228 e. The fourth-order valence-electron chi connectivity index (χ4n) is 3.48. The van der Waals surface area contributed by atoms with Gasteiger partial charge in [0.25, 0.3) is 0 Å². The molecule has 0 aromatic carbocycles. The van der Waals surface area contributed by atoms with Gasteiger partial charge >= 0.3 is 0 Å². The minimum absolute atomic E-state index is 0.00491. The van der Waals surface area contributed by atoms with Crippen LogP contribution in [-0.4, -0.2) is 54.5 Å². The smallest absolute Gasteiger partial charge is 0.228 e. The van der Waals surface area contributed by atoms with Gasteiger partial charge in [0.15, 0.2) is 0 Å². The second-order valence-corrected chi connectivity index (χ2v) is 8.54. The van der Waals surface area contributed by atoms with E-state index in [-0.39, 0.29) is 12.6 Å². The number of thiophene rings is 1. The van der Waals surface area contributed by atoms with Crippen molar-refractivity contribution in [2.24, 2.45) is 0 Å². The second-order valence-electron chi connectivity index (χ2n) is 7.62. The van der Waals surface area contributed by atoms with Crippen molar-refractivity contribution in [1.82, 2.24) is 29.5 Å². The molecule has 0 amide bonds. The first-order valence-corrected chi connectivity index (χ1v) is 10.7. The van der Waals surface area contributed by atoms with Crippen LogP contribution in [-0.2, 0) is 10.3 Å². The maximum absolute atomic E-state index is 9.32. The molecule has 0 bridgehead atoms. The zero-order valence-electron chi connectivity index (χ0n) is 16.8. The highest BCUT2D eigenvalue weighted by Crippen LogP contribution is 2.34. The molecule has 4 aromatic rings. The highest BCUT2D eigenvalue weighted by atomic mass is 32.1. The highest BCUT2D eigenvalue weighted by Gasteiger charge is 2.41. The van der Waals surface area contributed by atoms with Crippen molar-refractivity contribution in [2.75, 3.05) is 25.1 Å². The molecule has 10 nitrogen and oxygen atoms in total. The Kier molecular flexibility index (Phi) is 4.90. The van der Waals surface area contributed by atoms with E-state index in [1.807, 2.05) is 35.4 Å². The normalized spacial score (nSPS) is 16.0. The van der Waals surface area contributed by atoms with Gasteiger partial charge in [0, 0.05) is 18.0 Å². The van der Waals surface area contributed by atoms with E-state index >= 15 is 0 Å². The molecule has 1 aliphatic rings. The molecule has 5 rings (SSSR count). The van der Waals surface area contributed by atoms with Crippen molar-refractivity contribution >= 4 is 33.2 Å². The van der Waals surface area contributed by atoms with E-state index in [1.165, 1.54) is 0 Å². The Bertz CT molecular complexity index is 1270. The predicted molar refractivity (Wildman–Crippen MR) is 115 cm³/mol. The van der Waals surface area contributed by atoms with Gasteiger partial charge in [-0.1, -0.05) is 0 Å². The lowest BCUT2D eigenvalue weighted by Gasteiger charge is -2.39. The maximum atomic E-state index is 9.32. The molecule has 31 heavy (non-hydrogen) atoms. The van der Waals surface area contributed by atoms with E-state index in [1.54, 1.807) is 28.4 Å². The highest BCUT2D eigenvalue weighted by molar-refractivity contribution is 7.17. The number of anilines is 2. The van der Waals surface area contributed by atoms with E-state index < -0.39 is 5.54 Å². The van der Waals surface area contributed by atoms with Crippen LogP contribution in [0, 0.1) is 11.3 Å². The van der Waals surface area contributed by atoms with E-state index in [4.69, 9.17) is 9.72 Å². The third-order valence-corrected chi connectivity index (χ3v) is 6.28. The van der Waals surface area contributed by atoms with Crippen LogP contribution in [0.5, 0.6) is 0 Å². The number of rotatable bonds is 7. The summed E-state index contributed by atoms with van der Waals surface area (Å²) in [7, 11) is 0. The minimum atomic E-state index is -0.409. The summed E-state index contributed by atoms with van der Waals surface area (Å²) in [4.78, 5) is 9.37. The van der Waals surface area contributed by atoms with Gasteiger partial charge in [-0.25, -0.2) is 9.97 Å². The Labute approximate surface area is 181 Å². The number of hydrogen-bond donors (Lipinski definition) is 2.